The zero-order valence-corrected chi connectivity index (χ0v) is 22.5. The molecule has 0 spiro atoms. The van der Waals surface area contributed by atoms with Crippen LogP contribution in [0.15, 0.2) is 72.9 Å². The van der Waals surface area contributed by atoms with Crippen LogP contribution in [0.25, 0.3) is 28.0 Å². The highest BCUT2D eigenvalue weighted by Gasteiger charge is 2.21. The summed E-state index contributed by atoms with van der Waals surface area (Å²) >= 11 is 0. The molecule has 0 radical (unpaired) electrons. The number of sulfone groups is 1. The highest BCUT2D eigenvalue weighted by molar-refractivity contribution is 7.91. The summed E-state index contributed by atoms with van der Waals surface area (Å²) in [6, 6.07) is 23.5. The van der Waals surface area contributed by atoms with Crippen molar-refractivity contribution in [3.05, 3.63) is 78.5 Å². The molecule has 2 saturated heterocycles. The van der Waals surface area contributed by atoms with E-state index in [4.69, 9.17) is 4.98 Å². The predicted octanol–water partition coefficient (Wildman–Crippen LogP) is 3.77. The Labute approximate surface area is 225 Å². The average Bonchev–Trinajstić information content (AvgIpc) is 3.33. The second kappa shape index (κ2) is 10.9. The van der Waals surface area contributed by atoms with Gasteiger partial charge in [0.2, 0.25) is 0 Å². The van der Waals surface area contributed by atoms with Crippen molar-refractivity contribution < 1.29 is 8.42 Å². The molecule has 0 atom stereocenters. The van der Waals surface area contributed by atoms with Gasteiger partial charge in [-0.3, -0.25) is 0 Å². The number of piperazine rings is 1. The zero-order chi connectivity index (χ0) is 26.0. The Morgan fingerprint density at radius 1 is 0.816 bits per heavy atom. The fraction of sp³-hybridized carbons (Fsp3) is 0.367. The number of rotatable bonds is 7. The molecule has 4 aromatic rings. The molecule has 2 aliphatic heterocycles. The Morgan fingerprint density at radius 2 is 1.55 bits per heavy atom. The van der Waals surface area contributed by atoms with Gasteiger partial charge in [-0.1, -0.05) is 30.3 Å². The number of nitrogens with one attached hydrogen (secondary N) is 1. The van der Waals surface area contributed by atoms with E-state index in [0.29, 0.717) is 13.1 Å². The Kier molecular flexibility index (Phi) is 7.19. The van der Waals surface area contributed by atoms with Crippen LogP contribution in [0.4, 0.5) is 5.69 Å². The van der Waals surface area contributed by atoms with Gasteiger partial charge in [-0.05, 0) is 61.3 Å². The van der Waals surface area contributed by atoms with E-state index < -0.39 is 9.84 Å². The number of hydrogen-bond acceptors (Lipinski definition) is 6. The van der Waals surface area contributed by atoms with Gasteiger partial charge in [0.15, 0.2) is 9.84 Å². The van der Waals surface area contributed by atoms with Crippen molar-refractivity contribution in [2.24, 2.45) is 0 Å². The molecule has 0 unspecified atom stereocenters. The SMILES string of the molecule is O=S1(=O)CCN(CCCc2cn(-c3ccccc3)c3nc(-c4ccc(N5CCNCC5)cc4)ccc23)CC1. The van der Waals surface area contributed by atoms with E-state index in [1.165, 1.54) is 16.6 Å². The third-order valence-electron chi connectivity index (χ3n) is 7.77. The Bertz CT molecular complexity index is 1480. The van der Waals surface area contributed by atoms with Crippen LogP contribution in [0.3, 0.4) is 0 Å². The van der Waals surface area contributed by atoms with E-state index in [-0.39, 0.29) is 11.5 Å². The smallest absolute Gasteiger partial charge is 0.152 e. The van der Waals surface area contributed by atoms with Crippen molar-refractivity contribution in [2.75, 3.05) is 62.2 Å². The molecule has 0 aliphatic carbocycles. The maximum Gasteiger partial charge on any atom is 0.152 e. The fourth-order valence-corrected chi connectivity index (χ4v) is 6.82. The van der Waals surface area contributed by atoms with Crippen LogP contribution in [-0.4, -0.2) is 80.2 Å². The van der Waals surface area contributed by atoms with E-state index in [1.807, 2.05) is 6.07 Å². The molecule has 1 N–H and O–H groups in total. The second-order valence-corrected chi connectivity index (χ2v) is 12.6. The number of fused-ring (bicyclic) bond motifs is 1. The normalized spacial score (nSPS) is 18.2. The lowest BCUT2D eigenvalue weighted by Gasteiger charge is -2.29. The average molecular weight is 530 g/mol. The fourth-order valence-electron chi connectivity index (χ4n) is 5.55. The predicted molar refractivity (Wildman–Crippen MR) is 155 cm³/mol. The largest absolute Gasteiger partial charge is 0.369 e. The van der Waals surface area contributed by atoms with E-state index >= 15 is 0 Å². The number of para-hydroxylation sites is 1. The molecule has 2 aromatic carbocycles. The maximum absolute atomic E-state index is 11.8. The molecule has 198 valence electrons. The van der Waals surface area contributed by atoms with Gasteiger partial charge in [-0.15, -0.1) is 0 Å². The summed E-state index contributed by atoms with van der Waals surface area (Å²) in [7, 11) is -2.84. The first-order valence-corrected chi connectivity index (χ1v) is 15.4. The van der Waals surface area contributed by atoms with Gasteiger partial charge in [0.25, 0.3) is 0 Å². The van der Waals surface area contributed by atoms with Crippen LogP contribution in [0.2, 0.25) is 0 Å². The molecule has 7 nitrogen and oxygen atoms in total. The van der Waals surface area contributed by atoms with Gasteiger partial charge >= 0.3 is 0 Å². The monoisotopic (exact) mass is 529 g/mol. The van der Waals surface area contributed by atoms with E-state index in [9.17, 15) is 8.42 Å². The summed E-state index contributed by atoms with van der Waals surface area (Å²) in [5, 5.41) is 4.59. The number of anilines is 1. The number of aromatic nitrogens is 2. The van der Waals surface area contributed by atoms with Crippen LogP contribution in [-0.2, 0) is 16.3 Å². The van der Waals surface area contributed by atoms with Crippen molar-refractivity contribution in [1.82, 2.24) is 19.8 Å². The first-order chi connectivity index (χ1) is 18.6. The topological polar surface area (TPSA) is 70.5 Å². The first kappa shape index (κ1) is 25.1. The molecule has 0 bridgehead atoms. The lowest BCUT2D eigenvalue weighted by Crippen LogP contribution is -2.43. The standard InChI is InChI=1S/C30H35N5O2S/c36-38(37)21-19-33(20-22-38)16-4-5-25-23-35(27-6-2-1-3-7-27)30-28(25)12-13-29(32-30)24-8-10-26(11-9-24)34-17-14-31-15-18-34/h1-3,6-13,23,31H,4-5,14-22H2. The molecule has 4 heterocycles. The van der Waals surface area contributed by atoms with Crippen molar-refractivity contribution >= 4 is 26.6 Å². The summed E-state index contributed by atoms with van der Waals surface area (Å²) in [5.74, 6) is 0.562. The van der Waals surface area contributed by atoms with Crippen molar-refractivity contribution in [3.8, 4) is 16.9 Å². The summed E-state index contributed by atoms with van der Waals surface area (Å²) in [6.45, 7) is 6.33. The minimum absolute atomic E-state index is 0.281. The minimum Gasteiger partial charge on any atom is -0.369 e. The van der Waals surface area contributed by atoms with E-state index in [1.54, 1.807) is 0 Å². The lowest BCUT2D eigenvalue weighted by atomic mass is 10.1. The number of pyridine rings is 1. The molecule has 38 heavy (non-hydrogen) atoms. The highest BCUT2D eigenvalue weighted by atomic mass is 32.2. The van der Waals surface area contributed by atoms with Gasteiger partial charge < -0.3 is 19.7 Å². The molecular formula is C30H35N5O2S. The summed E-state index contributed by atoms with van der Waals surface area (Å²) < 4.78 is 25.7. The summed E-state index contributed by atoms with van der Waals surface area (Å²) in [5.41, 5.74) is 6.70. The van der Waals surface area contributed by atoms with Crippen LogP contribution >= 0.6 is 0 Å². The first-order valence-electron chi connectivity index (χ1n) is 13.6. The molecule has 2 fully saturated rings. The Balaban J connectivity index is 1.25. The molecule has 0 saturated carbocycles. The van der Waals surface area contributed by atoms with Crippen LogP contribution in [0, 0.1) is 0 Å². The molecule has 6 rings (SSSR count). The van der Waals surface area contributed by atoms with Crippen LogP contribution < -0.4 is 10.2 Å². The van der Waals surface area contributed by atoms with E-state index in [0.717, 1.165) is 68.2 Å². The Morgan fingerprint density at radius 3 is 2.29 bits per heavy atom. The van der Waals surface area contributed by atoms with Gasteiger partial charge in [0, 0.05) is 67.8 Å². The highest BCUT2D eigenvalue weighted by Crippen LogP contribution is 2.29. The molecular weight excluding hydrogens is 494 g/mol. The van der Waals surface area contributed by atoms with Crippen LogP contribution in [0.1, 0.15) is 12.0 Å². The summed E-state index contributed by atoms with van der Waals surface area (Å²) in [4.78, 5) is 9.86. The number of benzene rings is 2. The molecule has 2 aromatic heterocycles. The minimum atomic E-state index is -2.84. The number of nitrogens with zero attached hydrogens (tertiary/aromatic N) is 4. The Hall–Kier alpha value is -3.20. The van der Waals surface area contributed by atoms with Gasteiger partial charge in [0.05, 0.1) is 17.2 Å². The zero-order valence-electron chi connectivity index (χ0n) is 21.7. The van der Waals surface area contributed by atoms with Crippen LogP contribution in [0.5, 0.6) is 0 Å². The number of hydrogen-bond donors (Lipinski definition) is 1. The third kappa shape index (κ3) is 5.48. The summed E-state index contributed by atoms with van der Waals surface area (Å²) in [6.07, 6.45) is 4.15. The lowest BCUT2D eigenvalue weighted by molar-refractivity contribution is 0.292. The third-order valence-corrected chi connectivity index (χ3v) is 9.38. The molecule has 0 amide bonds. The van der Waals surface area contributed by atoms with Gasteiger partial charge in [-0.2, -0.15) is 0 Å². The quantitative estimate of drug-likeness (QED) is 0.393. The van der Waals surface area contributed by atoms with Crippen molar-refractivity contribution in [2.45, 2.75) is 12.8 Å². The second-order valence-electron chi connectivity index (χ2n) is 10.3. The van der Waals surface area contributed by atoms with E-state index in [2.05, 4.69) is 86.5 Å². The number of aryl methyl sites for hydroxylation is 1. The molecule has 8 heteroatoms. The van der Waals surface area contributed by atoms with Gasteiger partial charge in [-0.25, -0.2) is 13.4 Å². The van der Waals surface area contributed by atoms with Gasteiger partial charge in [0.1, 0.15) is 5.65 Å². The maximum atomic E-state index is 11.8. The molecule has 2 aliphatic rings. The van der Waals surface area contributed by atoms with Crippen molar-refractivity contribution in [1.29, 1.82) is 0 Å². The van der Waals surface area contributed by atoms with Crippen molar-refractivity contribution in [3.63, 3.8) is 0 Å².